The van der Waals surface area contributed by atoms with E-state index in [-0.39, 0.29) is 26.6 Å². The molecular weight excluding hydrogens is 481 g/mol. The molecule has 0 saturated carbocycles. The van der Waals surface area contributed by atoms with Gasteiger partial charge in [0, 0.05) is 22.5 Å². The summed E-state index contributed by atoms with van der Waals surface area (Å²) in [5.74, 6) is -2.94. The summed E-state index contributed by atoms with van der Waals surface area (Å²) in [5, 5.41) is 3.38. The molecule has 8 heteroatoms. The van der Waals surface area contributed by atoms with Crippen molar-refractivity contribution in [2.45, 2.75) is 77.1 Å². The van der Waals surface area contributed by atoms with Gasteiger partial charge in [0.2, 0.25) is 0 Å². The molecule has 1 aliphatic heterocycles. The fourth-order valence-corrected chi connectivity index (χ4v) is 5.09. The summed E-state index contributed by atoms with van der Waals surface area (Å²) >= 11 is 12.1. The Morgan fingerprint density at radius 2 is 1.76 bits per heavy atom. The molecule has 1 saturated heterocycles. The summed E-state index contributed by atoms with van der Waals surface area (Å²) in [5.41, 5.74) is 4.80. The number of esters is 1. The van der Waals surface area contributed by atoms with Crippen LogP contribution in [0, 0.1) is 17.0 Å². The van der Waals surface area contributed by atoms with Crippen LogP contribution in [0.25, 0.3) is 0 Å². The molecule has 4 unspecified atom stereocenters. The first-order valence-electron chi connectivity index (χ1n) is 11.2. The van der Waals surface area contributed by atoms with Crippen LogP contribution in [0.1, 0.15) is 65.0 Å². The van der Waals surface area contributed by atoms with Gasteiger partial charge < -0.3 is 10.5 Å². The van der Waals surface area contributed by atoms with Crippen molar-refractivity contribution < 1.29 is 18.3 Å². The summed E-state index contributed by atoms with van der Waals surface area (Å²) in [6.45, 7) is 11.3. The second kappa shape index (κ2) is 9.38. The van der Waals surface area contributed by atoms with Gasteiger partial charge in [-0.25, -0.2) is 8.78 Å². The molecule has 2 aromatic rings. The second-order valence-corrected chi connectivity index (χ2v) is 12.0. The van der Waals surface area contributed by atoms with E-state index in [9.17, 15) is 4.79 Å². The van der Waals surface area contributed by atoms with Gasteiger partial charge in [-0.15, -0.1) is 0 Å². The lowest BCUT2D eigenvalue weighted by Gasteiger charge is -2.40. The van der Waals surface area contributed by atoms with E-state index in [1.807, 2.05) is 20.8 Å². The van der Waals surface area contributed by atoms with E-state index in [0.717, 1.165) is 0 Å². The monoisotopic (exact) mass is 512 g/mol. The highest BCUT2D eigenvalue weighted by Crippen LogP contribution is 2.50. The Labute approximate surface area is 210 Å². The number of carbonyl (C=O) groups excluding carboxylic acids is 1. The standard InChI is InChI=1S/C26H32Cl2F2N2O2/c1-24(2,3)13-19-26(31,16-11-10-14(27)12-18(16)29)20(15-8-7-9-17(28)21(15)30)22(32-19)23(33)34-25(4,5)6/h7-12,19-20,22,32H,13,31H2,1-6H3. The van der Waals surface area contributed by atoms with E-state index >= 15 is 8.78 Å². The minimum Gasteiger partial charge on any atom is -0.459 e. The summed E-state index contributed by atoms with van der Waals surface area (Å²) < 4.78 is 36.5. The van der Waals surface area contributed by atoms with Gasteiger partial charge in [0.1, 0.15) is 23.3 Å². The summed E-state index contributed by atoms with van der Waals surface area (Å²) in [6.07, 6.45) is 0.476. The maximum absolute atomic E-state index is 15.4. The average molecular weight is 513 g/mol. The van der Waals surface area contributed by atoms with Gasteiger partial charge in [0.05, 0.1) is 10.6 Å². The number of hydrogen-bond donors (Lipinski definition) is 2. The number of nitrogens with one attached hydrogen (secondary N) is 1. The van der Waals surface area contributed by atoms with Crippen molar-refractivity contribution in [1.82, 2.24) is 5.32 Å². The zero-order valence-corrected chi connectivity index (χ0v) is 21.8. The Kier molecular flexibility index (Phi) is 7.41. The normalized spacial score (nSPS) is 25.4. The van der Waals surface area contributed by atoms with Crippen molar-refractivity contribution >= 4 is 29.2 Å². The maximum Gasteiger partial charge on any atom is 0.324 e. The molecule has 4 atom stereocenters. The van der Waals surface area contributed by atoms with Crippen molar-refractivity contribution in [3.05, 3.63) is 69.2 Å². The molecule has 0 aliphatic carbocycles. The number of carbonyl (C=O) groups is 1. The molecule has 0 bridgehead atoms. The van der Waals surface area contributed by atoms with Gasteiger partial charge in [0.15, 0.2) is 0 Å². The third-order valence-electron chi connectivity index (χ3n) is 6.00. The molecule has 0 radical (unpaired) electrons. The van der Waals surface area contributed by atoms with Crippen molar-refractivity contribution in [3.63, 3.8) is 0 Å². The number of ether oxygens (including phenoxy) is 1. The molecule has 1 fully saturated rings. The topological polar surface area (TPSA) is 64.3 Å². The average Bonchev–Trinajstić information content (AvgIpc) is 2.94. The highest BCUT2D eigenvalue weighted by atomic mass is 35.5. The molecule has 1 aliphatic rings. The molecule has 3 rings (SSSR count). The first-order valence-corrected chi connectivity index (χ1v) is 12.0. The fourth-order valence-electron chi connectivity index (χ4n) is 4.75. The smallest absolute Gasteiger partial charge is 0.324 e. The van der Waals surface area contributed by atoms with Crippen LogP contribution in [-0.4, -0.2) is 23.7 Å². The highest BCUT2D eigenvalue weighted by molar-refractivity contribution is 6.31. The van der Waals surface area contributed by atoms with Crippen molar-refractivity contribution in [1.29, 1.82) is 0 Å². The zero-order chi connectivity index (χ0) is 25.6. The quantitative estimate of drug-likeness (QED) is 0.469. The molecule has 3 N–H and O–H groups in total. The van der Waals surface area contributed by atoms with Crippen molar-refractivity contribution in [2.75, 3.05) is 0 Å². The lowest BCUT2D eigenvalue weighted by Crippen LogP contribution is -2.52. The van der Waals surface area contributed by atoms with E-state index in [1.54, 1.807) is 26.8 Å². The van der Waals surface area contributed by atoms with Crippen LogP contribution >= 0.6 is 23.2 Å². The number of rotatable bonds is 4. The molecule has 2 aromatic carbocycles. The zero-order valence-electron chi connectivity index (χ0n) is 20.3. The van der Waals surface area contributed by atoms with Gasteiger partial charge in [-0.05, 0) is 56.4 Å². The van der Waals surface area contributed by atoms with Gasteiger partial charge in [-0.2, -0.15) is 0 Å². The maximum atomic E-state index is 15.4. The Balaban J connectivity index is 2.30. The largest absolute Gasteiger partial charge is 0.459 e. The minimum absolute atomic E-state index is 0.112. The van der Waals surface area contributed by atoms with E-state index in [0.29, 0.717) is 6.42 Å². The van der Waals surface area contributed by atoms with E-state index in [2.05, 4.69) is 5.32 Å². The molecule has 186 valence electrons. The van der Waals surface area contributed by atoms with Gasteiger partial charge >= 0.3 is 5.97 Å². The molecule has 0 spiro atoms. The molecule has 0 amide bonds. The number of hydrogen-bond acceptors (Lipinski definition) is 4. The first kappa shape index (κ1) is 26.9. The van der Waals surface area contributed by atoms with Gasteiger partial charge in [0.25, 0.3) is 0 Å². The van der Waals surface area contributed by atoms with Crippen LogP contribution in [0.4, 0.5) is 8.78 Å². The molecular formula is C26H32Cl2F2N2O2. The fraction of sp³-hybridized carbons (Fsp3) is 0.500. The predicted octanol–water partition coefficient (Wildman–Crippen LogP) is 6.33. The van der Waals surface area contributed by atoms with Crippen LogP contribution in [0.3, 0.4) is 0 Å². The van der Waals surface area contributed by atoms with E-state index < -0.39 is 46.7 Å². The van der Waals surface area contributed by atoms with Gasteiger partial charge in [-0.1, -0.05) is 62.2 Å². The third kappa shape index (κ3) is 5.40. The Hall–Kier alpha value is -1.73. The van der Waals surface area contributed by atoms with Crippen LogP contribution in [0.5, 0.6) is 0 Å². The van der Waals surface area contributed by atoms with Crippen LogP contribution in [0.15, 0.2) is 36.4 Å². The third-order valence-corrected chi connectivity index (χ3v) is 6.52. The van der Waals surface area contributed by atoms with Crippen LogP contribution in [-0.2, 0) is 15.1 Å². The van der Waals surface area contributed by atoms with E-state index in [1.165, 1.54) is 30.3 Å². The first-order chi connectivity index (χ1) is 15.5. The Bertz CT molecular complexity index is 1080. The SMILES string of the molecule is CC(C)(C)CC1NC(C(=O)OC(C)(C)C)C(c2cccc(Cl)c2F)C1(N)c1ccc(Cl)cc1F. The summed E-state index contributed by atoms with van der Waals surface area (Å²) in [6, 6.07) is 7.10. The predicted molar refractivity (Wildman–Crippen MR) is 132 cm³/mol. The van der Waals surface area contributed by atoms with Crippen LogP contribution in [0.2, 0.25) is 10.0 Å². The number of nitrogens with two attached hydrogens (primary N) is 1. The molecule has 4 nitrogen and oxygen atoms in total. The number of halogens is 4. The summed E-state index contributed by atoms with van der Waals surface area (Å²) in [7, 11) is 0. The van der Waals surface area contributed by atoms with Gasteiger partial charge in [-0.3, -0.25) is 10.1 Å². The second-order valence-electron chi connectivity index (χ2n) is 11.2. The Morgan fingerprint density at radius 1 is 1.12 bits per heavy atom. The van der Waals surface area contributed by atoms with Crippen LogP contribution < -0.4 is 11.1 Å². The minimum atomic E-state index is -1.52. The molecule has 1 heterocycles. The van der Waals surface area contributed by atoms with Crippen molar-refractivity contribution in [2.24, 2.45) is 11.1 Å². The number of benzene rings is 2. The summed E-state index contributed by atoms with van der Waals surface area (Å²) in [4.78, 5) is 13.4. The van der Waals surface area contributed by atoms with Crippen molar-refractivity contribution in [3.8, 4) is 0 Å². The lowest BCUT2D eigenvalue weighted by atomic mass is 9.68. The Morgan fingerprint density at radius 3 is 2.32 bits per heavy atom. The molecule has 34 heavy (non-hydrogen) atoms. The molecule has 0 aromatic heterocycles. The lowest BCUT2D eigenvalue weighted by molar-refractivity contribution is -0.157. The van der Waals surface area contributed by atoms with E-state index in [4.69, 9.17) is 33.7 Å². The highest BCUT2D eigenvalue weighted by Gasteiger charge is 2.59.